The number of carbonyl (C=O) groups is 1. The molecule has 1 N–H and O–H groups in total. The van der Waals surface area contributed by atoms with Gasteiger partial charge in [-0.05, 0) is 41.5 Å². The molecule has 4 aromatic heterocycles. The summed E-state index contributed by atoms with van der Waals surface area (Å²) in [5, 5.41) is 26.7. The summed E-state index contributed by atoms with van der Waals surface area (Å²) in [6.45, 7) is 3.70. The second kappa shape index (κ2) is 6.43. The van der Waals surface area contributed by atoms with Gasteiger partial charge in [0.15, 0.2) is 17.3 Å². The predicted molar refractivity (Wildman–Crippen MR) is 101 cm³/mol. The molecule has 0 aromatic carbocycles. The molecule has 5 rings (SSSR count). The number of anilines is 1. The third-order valence-corrected chi connectivity index (χ3v) is 4.76. The number of rotatable bonds is 5. The Morgan fingerprint density at radius 1 is 1.24 bits per heavy atom. The SMILES string of the molecule is CC(C)c1nn(CC(=O)Nc2ccc3nnnn3n2)c(=O)c2cc(C3CC3)nn12. The lowest BCUT2D eigenvalue weighted by molar-refractivity contribution is -0.117. The number of amides is 1. The van der Waals surface area contributed by atoms with E-state index in [9.17, 15) is 9.59 Å². The van der Waals surface area contributed by atoms with E-state index in [0.29, 0.717) is 22.9 Å². The molecule has 0 atom stereocenters. The molecule has 4 aromatic rings. The Hall–Kier alpha value is -3.70. The molecule has 1 amide bonds. The minimum Gasteiger partial charge on any atom is -0.308 e. The summed E-state index contributed by atoms with van der Waals surface area (Å²) in [5.74, 6) is 0.919. The fraction of sp³-hybridized carbons (Fsp3) is 0.412. The van der Waals surface area contributed by atoms with Crippen LogP contribution in [-0.4, -0.2) is 50.6 Å². The highest BCUT2D eigenvalue weighted by atomic mass is 16.2. The number of tetrazole rings is 1. The van der Waals surface area contributed by atoms with Crippen LogP contribution in [0.2, 0.25) is 0 Å². The van der Waals surface area contributed by atoms with E-state index in [1.807, 2.05) is 19.9 Å². The third-order valence-electron chi connectivity index (χ3n) is 4.76. The lowest BCUT2D eigenvalue weighted by Gasteiger charge is -2.11. The zero-order valence-corrected chi connectivity index (χ0v) is 15.8. The number of nitrogens with zero attached hydrogens (tertiary/aromatic N) is 9. The molecule has 0 saturated heterocycles. The van der Waals surface area contributed by atoms with Crippen LogP contribution in [-0.2, 0) is 11.3 Å². The van der Waals surface area contributed by atoms with Crippen LogP contribution in [0.3, 0.4) is 0 Å². The predicted octanol–water partition coefficient (Wildman–Crippen LogP) is 0.363. The van der Waals surface area contributed by atoms with Crippen molar-refractivity contribution in [3.8, 4) is 0 Å². The molecular formula is C17H18N10O2. The second-order valence-electron chi connectivity index (χ2n) is 7.41. The van der Waals surface area contributed by atoms with E-state index in [2.05, 4.69) is 36.1 Å². The summed E-state index contributed by atoms with van der Waals surface area (Å²) in [6, 6.07) is 5.03. The average molecular weight is 394 g/mol. The fourth-order valence-electron chi connectivity index (χ4n) is 3.15. The van der Waals surface area contributed by atoms with Gasteiger partial charge in [0.2, 0.25) is 5.91 Å². The molecule has 0 radical (unpaired) electrons. The fourth-order valence-corrected chi connectivity index (χ4v) is 3.15. The van der Waals surface area contributed by atoms with Gasteiger partial charge in [-0.25, -0.2) is 9.20 Å². The highest BCUT2D eigenvalue weighted by molar-refractivity contribution is 5.89. The minimum atomic E-state index is -0.430. The summed E-state index contributed by atoms with van der Waals surface area (Å²) in [6.07, 6.45) is 2.17. The van der Waals surface area contributed by atoms with E-state index < -0.39 is 5.91 Å². The van der Waals surface area contributed by atoms with Gasteiger partial charge in [0.1, 0.15) is 12.1 Å². The van der Waals surface area contributed by atoms with Gasteiger partial charge in [-0.1, -0.05) is 13.8 Å². The van der Waals surface area contributed by atoms with Gasteiger partial charge in [-0.2, -0.15) is 10.2 Å². The van der Waals surface area contributed by atoms with E-state index in [-0.39, 0.29) is 23.8 Å². The van der Waals surface area contributed by atoms with Crippen molar-refractivity contribution in [3.05, 3.63) is 40.1 Å². The van der Waals surface area contributed by atoms with Gasteiger partial charge in [-0.3, -0.25) is 9.59 Å². The Kier molecular flexibility index (Phi) is 3.86. The zero-order valence-electron chi connectivity index (χ0n) is 15.8. The smallest absolute Gasteiger partial charge is 0.293 e. The summed E-state index contributed by atoms with van der Waals surface area (Å²) in [7, 11) is 0. The van der Waals surface area contributed by atoms with Crippen molar-refractivity contribution >= 4 is 22.9 Å². The number of hydrogen-bond donors (Lipinski definition) is 1. The number of nitrogens with one attached hydrogen (secondary N) is 1. The summed E-state index contributed by atoms with van der Waals surface area (Å²) < 4.78 is 3.99. The van der Waals surface area contributed by atoms with Crippen LogP contribution < -0.4 is 10.9 Å². The van der Waals surface area contributed by atoms with Gasteiger partial charge in [-0.15, -0.1) is 14.8 Å². The Labute approximate surface area is 163 Å². The first-order chi connectivity index (χ1) is 14.0. The van der Waals surface area contributed by atoms with Crippen molar-refractivity contribution in [3.63, 3.8) is 0 Å². The molecule has 12 heteroatoms. The second-order valence-corrected chi connectivity index (χ2v) is 7.41. The topological polar surface area (TPSA) is 137 Å². The maximum Gasteiger partial charge on any atom is 0.293 e. The number of hydrogen-bond acceptors (Lipinski definition) is 8. The number of fused-ring (bicyclic) bond motifs is 2. The first-order valence-corrected chi connectivity index (χ1v) is 9.35. The van der Waals surface area contributed by atoms with E-state index in [4.69, 9.17) is 0 Å². The molecule has 0 unspecified atom stereocenters. The van der Waals surface area contributed by atoms with Crippen molar-refractivity contribution in [1.82, 2.24) is 44.6 Å². The highest BCUT2D eigenvalue weighted by Gasteiger charge is 2.28. The van der Waals surface area contributed by atoms with E-state index in [1.54, 1.807) is 16.6 Å². The Morgan fingerprint density at radius 2 is 2.07 bits per heavy atom. The molecule has 1 aliphatic carbocycles. The number of aromatic nitrogens is 9. The van der Waals surface area contributed by atoms with Crippen molar-refractivity contribution in [2.45, 2.75) is 45.1 Å². The zero-order chi connectivity index (χ0) is 20.1. The van der Waals surface area contributed by atoms with Crippen molar-refractivity contribution in [1.29, 1.82) is 0 Å². The molecular weight excluding hydrogens is 376 g/mol. The first kappa shape index (κ1) is 17.4. The van der Waals surface area contributed by atoms with Crippen LogP contribution >= 0.6 is 0 Å². The molecule has 0 spiro atoms. The monoisotopic (exact) mass is 394 g/mol. The van der Waals surface area contributed by atoms with E-state index in [0.717, 1.165) is 18.5 Å². The quantitative estimate of drug-likeness (QED) is 0.512. The summed E-state index contributed by atoms with van der Waals surface area (Å²) in [5.41, 5.74) is 1.45. The molecule has 1 aliphatic rings. The van der Waals surface area contributed by atoms with Gasteiger partial charge >= 0.3 is 0 Å². The van der Waals surface area contributed by atoms with Crippen molar-refractivity contribution in [2.24, 2.45) is 0 Å². The molecule has 1 fully saturated rings. The van der Waals surface area contributed by atoms with Gasteiger partial charge in [0, 0.05) is 11.8 Å². The molecule has 4 heterocycles. The molecule has 12 nitrogen and oxygen atoms in total. The van der Waals surface area contributed by atoms with Crippen molar-refractivity contribution in [2.75, 3.05) is 5.32 Å². The van der Waals surface area contributed by atoms with Gasteiger partial charge in [0.25, 0.3) is 5.56 Å². The Morgan fingerprint density at radius 3 is 2.83 bits per heavy atom. The largest absolute Gasteiger partial charge is 0.308 e. The summed E-state index contributed by atoms with van der Waals surface area (Å²) >= 11 is 0. The standard InChI is InChI=1S/C17H18N10O2/c1-9(2)16-22-25(17(29)12-7-11(10-3-4-10)20-26(12)16)8-15(28)18-13-5-6-14-19-23-24-27(14)21-13/h5-7,9-10H,3-4,8H2,1-2H3,(H,18,21,28). The average Bonchev–Trinajstić information content (AvgIpc) is 3.26. The van der Waals surface area contributed by atoms with Crippen LogP contribution in [0.25, 0.3) is 11.2 Å². The lowest BCUT2D eigenvalue weighted by atomic mass is 10.2. The number of carbonyl (C=O) groups excluding carboxylic acids is 1. The van der Waals surface area contributed by atoms with E-state index in [1.165, 1.54) is 9.31 Å². The van der Waals surface area contributed by atoms with Crippen LogP contribution in [0.5, 0.6) is 0 Å². The van der Waals surface area contributed by atoms with Crippen LogP contribution in [0.15, 0.2) is 23.0 Å². The van der Waals surface area contributed by atoms with Crippen LogP contribution in [0.4, 0.5) is 5.82 Å². The van der Waals surface area contributed by atoms with Crippen molar-refractivity contribution < 1.29 is 4.79 Å². The first-order valence-electron chi connectivity index (χ1n) is 9.35. The highest BCUT2D eigenvalue weighted by Crippen LogP contribution is 2.39. The van der Waals surface area contributed by atoms with Crippen LogP contribution in [0.1, 0.15) is 50.0 Å². The molecule has 1 saturated carbocycles. The summed E-state index contributed by atoms with van der Waals surface area (Å²) in [4.78, 5) is 25.4. The minimum absolute atomic E-state index is 0.0308. The Bertz CT molecular complexity index is 1300. The van der Waals surface area contributed by atoms with Gasteiger partial charge in [0.05, 0.1) is 5.69 Å². The Balaban J connectivity index is 1.46. The molecule has 0 bridgehead atoms. The van der Waals surface area contributed by atoms with E-state index >= 15 is 0 Å². The molecule has 0 aliphatic heterocycles. The maximum atomic E-state index is 12.9. The normalized spacial score (nSPS) is 14.2. The van der Waals surface area contributed by atoms with Gasteiger partial charge < -0.3 is 5.32 Å². The lowest BCUT2D eigenvalue weighted by Crippen LogP contribution is -2.32. The molecule has 29 heavy (non-hydrogen) atoms. The van der Waals surface area contributed by atoms with Crippen LogP contribution in [0, 0.1) is 0 Å². The third kappa shape index (κ3) is 3.11. The molecule has 148 valence electrons. The maximum absolute atomic E-state index is 12.9.